The fraction of sp³-hybridized carbons (Fsp3) is 0.0909. The molecule has 7 nitrogen and oxygen atoms in total. The summed E-state index contributed by atoms with van der Waals surface area (Å²) in [5.74, 6) is -0.880. The van der Waals surface area contributed by atoms with E-state index in [1.807, 2.05) is 30.3 Å². The van der Waals surface area contributed by atoms with E-state index < -0.39 is 11.9 Å². The number of esters is 1. The Bertz CT molecular complexity index is 1350. The van der Waals surface area contributed by atoms with Crippen molar-refractivity contribution >= 4 is 63.4 Å². The monoisotopic (exact) mass is 488 g/mol. The van der Waals surface area contributed by atoms with Crippen LogP contribution in [0.3, 0.4) is 0 Å². The van der Waals surface area contributed by atoms with Gasteiger partial charge in [-0.2, -0.15) is 9.78 Å². The number of carbonyl (C=O) groups excluding carboxylic acids is 2. The third kappa shape index (κ3) is 4.14. The molecule has 0 unspecified atom stereocenters. The Morgan fingerprint density at radius 3 is 2.56 bits per heavy atom. The quantitative estimate of drug-likeness (QED) is 0.282. The van der Waals surface area contributed by atoms with Gasteiger partial charge < -0.3 is 10.1 Å². The van der Waals surface area contributed by atoms with Gasteiger partial charge in [0, 0.05) is 5.39 Å². The molecule has 0 aliphatic carbocycles. The number of anilines is 1. The van der Waals surface area contributed by atoms with Crippen LogP contribution in [0.1, 0.15) is 27.6 Å². The Balaban J connectivity index is 1.82. The SMILES string of the molecule is CCOC(=O)c1cnn(-c2ccc3ccccc3n2)c1NC(=O)c1c(Cl)ccc(Cl)c1Cl. The normalized spacial score (nSPS) is 10.9. The van der Waals surface area contributed by atoms with E-state index in [2.05, 4.69) is 15.4 Å². The molecular formula is C22H15Cl3N4O3. The van der Waals surface area contributed by atoms with Crippen molar-refractivity contribution < 1.29 is 14.3 Å². The second-order valence-electron chi connectivity index (χ2n) is 6.57. The largest absolute Gasteiger partial charge is 0.462 e. The molecule has 4 aromatic rings. The first-order valence-electron chi connectivity index (χ1n) is 9.47. The number of hydrogen-bond donors (Lipinski definition) is 1. The van der Waals surface area contributed by atoms with Gasteiger partial charge in [-0.1, -0.05) is 53.0 Å². The van der Waals surface area contributed by atoms with Gasteiger partial charge in [-0.05, 0) is 37.3 Å². The highest BCUT2D eigenvalue weighted by molar-refractivity contribution is 6.46. The van der Waals surface area contributed by atoms with Gasteiger partial charge in [-0.15, -0.1) is 0 Å². The van der Waals surface area contributed by atoms with Crippen LogP contribution in [0.4, 0.5) is 5.82 Å². The van der Waals surface area contributed by atoms with Crippen molar-refractivity contribution in [2.45, 2.75) is 6.92 Å². The average Bonchev–Trinajstić information content (AvgIpc) is 3.20. The second kappa shape index (κ2) is 9.16. The lowest BCUT2D eigenvalue weighted by molar-refractivity contribution is 0.0527. The predicted molar refractivity (Wildman–Crippen MR) is 124 cm³/mol. The zero-order valence-corrected chi connectivity index (χ0v) is 18.9. The van der Waals surface area contributed by atoms with Crippen LogP contribution < -0.4 is 5.32 Å². The van der Waals surface area contributed by atoms with Crippen LogP contribution in [-0.2, 0) is 4.74 Å². The minimum atomic E-state index is -0.671. The molecule has 0 fully saturated rings. The molecule has 1 N–H and O–H groups in total. The molecule has 2 aromatic carbocycles. The second-order valence-corrected chi connectivity index (χ2v) is 7.77. The molecule has 0 saturated carbocycles. The number of hydrogen-bond acceptors (Lipinski definition) is 5. The summed E-state index contributed by atoms with van der Waals surface area (Å²) in [7, 11) is 0. The number of amides is 1. The van der Waals surface area contributed by atoms with E-state index in [4.69, 9.17) is 39.5 Å². The zero-order valence-electron chi connectivity index (χ0n) is 16.6. The molecular weight excluding hydrogens is 475 g/mol. The fourth-order valence-corrected chi connectivity index (χ4v) is 3.78. The molecule has 0 aliphatic heterocycles. The molecule has 32 heavy (non-hydrogen) atoms. The number of benzene rings is 2. The number of nitrogens with zero attached hydrogens (tertiary/aromatic N) is 3. The van der Waals surface area contributed by atoms with Gasteiger partial charge >= 0.3 is 5.97 Å². The number of nitrogens with one attached hydrogen (secondary N) is 1. The van der Waals surface area contributed by atoms with Crippen molar-refractivity contribution in [2.24, 2.45) is 0 Å². The van der Waals surface area contributed by atoms with Crippen LogP contribution in [0.5, 0.6) is 0 Å². The van der Waals surface area contributed by atoms with Crippen molar-refractivity contribution in [2.75, 3.05) is 11.9 Å². The van der Waals surface area contributed by atoms with Gasteiger partial charge in [0.05, 0.1) is 39.0 Å². The fourth-order valence-electron chi connectivity index (χ4n) is 3.08. The first kappa shape index (κ1) is 22.1. The van der Waals surface area contributed by atoms with Crippen LogP contribution in [0, 0.1) is 0 Å². The Kier molecular flexibility index (Phi) is 6.32. The third-order valence-corrected chi connectivity index (χ3v) is 5.69. The lowest BCUT2D eigenvalue weighted by atomic mass is 10.2. The highest BCUT2D eigenvalue weighted by Crippen LogP contribution is 2.32. The van der Waals surface area contributed by atoms with Gasteiger partial charge in [0.15, 0.2) is 11.6 Å². The van der Waals surface area contributed by atoms with E-state index in [-0.39, 0.29) is 38.6 Å². The molecule has 4 rings (SSSR count). The van der Waals surface area contributed by atoms with Crippen LogP contribution in [-0.4, -0.2) is 33.2 Å². The Labute approximate surface area is 197 Å². The van der Waals surface area contributed by atoms with E-state index in [0.717, 1.165) is 10.9 Å². The zero-order chi connectivity index (χ0) is 22.8. The number of fused-ring (bicyclic) bond motifs is 1. The first-order valence-corrected chi connectivity index (χ1v) is 10.6. The molecule has 162 valence electrons. The number of para-hydroxylation sites is 1. The standard InChI is InChI=1S/C22H15Cl3N4O3/c1-2-32-22(31)13-11-26-29(17-10-7-12-5-3-4-6-16(12)27-17)20(13)28-21(30)18-14(23)8-9-15(24)19(18)25/h3-11H,2H2,1H3,(H,28,30). The summed E-state index contributed by atoms with van der Waals surface area (Å²) in [6, 6.07) is 14.1. The van der Waals surface area contributed by atoms with E-state index in [0.29, 0.717) is 5.82 Å². The molecule has 10 heteroatoms. The van der Waals surface area contributed by atoms with Gasteiger partial charge in [-0.25, -0.2) is 9.78 Å². The molecule has 1 amide bonds. The van der Waals surface area contributed by atoms with Crippen LogP contribution in [0.2, 0.25) is 15.1 Å². The average molecular weight is 490 g/mol. The van der Waals surface area contributed by atoms with E-state index in [9.17, 15) is 9.59 Å². The van der Waals surface area contributed by atoms with E-state index in [1.165, 1.54) is 23.0 Å². The van der Waals surface area contributed by atoms with Gasteiger partial charge in [0.1, 0.15) is 5.56 Å². The van der Waals surface area contributed by atoms with Crippen LogP contribution in [0.15, 0.2) is 54.7 Å². The van der Waals surface area contributed by atoms with Gasteiger partial charge in [-0.3, -0.25) is 4.79 Å². The predicted octanol–water partition coefficient (Wildman–Crippen LogP) is 5.81. The number of rotatable bonds is 5. The van der Waals surface area contributed by atoms with Crippen LogP contribution in [0.25, 0.3) is 16.7 Å². The summed E-state index contributed by atoms with van der Waals surface area (Å²) >= 11 is 18.4. The first-order chi connectivity index (χ1) is 15.4. The van der Waals surface area contributed by atoms with E-state index >= 15 is 0 Å². The summed E-state index contributed by atoms with van der Waals surface area (Å²) in [6.45, 7) is 1.83. The number of aromatic nitrogens is 3. The molecule has 0 bridgehead atoms. The van der Waals surface area contributed by atoms with Gasteiger partial charge in [0.25, 0.3) is 5.91 Å². The lowest BCUT2D eigenvalue weighted by Gasteiger charge is -2.13. The van der Waals surface area contributed by atoms with E-state index in [1.54, 1.807) is 13.0 Å². The number of carbonyl (C=O) groups is 2. The Morgan fingerprint density at radius 2 is 1.78 bits per heavy atom. The molecule has 0 radical (unpaired) electrons. The third-order valence-electron chi connectivity index (χ3n) is 4.57. The van der Waals surface area contributed by atoms with Crippen molar-refractivity contribution in [3.05, 3.63) is 80.9 Å². The number of halogens is 3. The Hall–Kier alpha value is -3.13. The minimum absolute atomic E-state index is 0.00996. The molecule has 0 saturated heterocycles. The smallest absolute Gasteiger partial charge is 0.343 e. The van der Waals surface area contributed by atoms with Crippen molar-refractivity contribution in [3.8, 4) is 5.82 Å². The summed E-state index contributed by atoms with van der Waals surface area (Å²) < 4.78 is 6.44. The molecule has 0 aliphatic rings. The molecule has 0 atom stereocenters. The summed E-state index contributed by atoms with van der Waals surface area (Å²) in [5.41, 5.74) is 0.732. The highest BCUT2D eigenvalue weighted by atomic mass is 35.5. The molecule has 2 heterocycles. The summed E-state index contributed by atoms with van der Waals surface area (Å²) in [5, 5.41) is 8.10. The topological polar surface area (TPSA) is 86.1 Å². The van der Waals surface area contributed by atoms with Crippen molar-refractivity contribution in [1.82, 2.24) is 14.8 Å². The van der Waals surface area contributed by atoms with Crippen molar-refractivity contribution in [3.63, 3.8) is 0 Å². The molecule has 2 aromatic heterocycles. The maximum Gasteiger partial charge on any atom is 0.343 e. The van der Waals surface area contributed by atoms with Gasteiger partial charge in [0.2, 0.25) is 0 Å². The number of ether oxygens (including phenoxy) is 1. The lowest BCUT2D eigenvalue weighted by Crippen LogP contribution is -2.19. The van der Waals surface area contributed by atoms with Crippen molar-refractivity contribution in [1.29, 1.82) is 0 Å². The minimum Gasteiger partial charge on any atom is -0.462 e. The summed E-state index contributed by atoms with van der Waals surface area (Å²) in [6.07, 6.45) is 1.30. The maximum atomic E-state index is 13.1. The summed E-state index contributed by atoms with van der Waals surface area (Å²) in [4.78, 5) is 30.2. The van der Waals surface area contributed by atoms with Crippen LogP contribution >= 0.6 is 34.8 Å². The maximum absolute atomic E-state index is 13.1. The number of pyridine rings is 1. The Morgan fingerprint density at radius 1 is 1.03 bits per heavy atom. The highest BCUT2D eigenvalue weighted by Gasteiger charge is 2.25. The molecule has 0 spiro atoms.